The van der Waals surface area contributed by atoms with E-state index in [-0.39, 0.29) is 36.8 Å². The molecule has 7 rings (SSSR count). The first kappa shape index (κ1) is 31.8. The number of ether oxygens (including phenoxy) is 1. The van der Waals surface area contributed by atoms with Crippen molar-refractivity contribution in [1.82, 2.24) is 20.1 Å². The SMILES string of the molecule is CCOC12CCC(C(=O)N3CC(O)CC3C(=O)NC(Cc3c[nH]c4ccccc34)C(=O)N(C)Cc3ccccc3Br)(CC1)CC2. The van der Waals surface area contributed by atoms with Crippen molar-refractivity contribution in [3.63, 3.8) is 0 Å². The van der Waals surface area contributed by atoms with Gasteiger partial charge >= 0.3 is 0 Å². The fourth-order valence-corrected chi connectivity index (χ4v) is 8.21. The van der Waals surface area contributed by atoms with Gasteiger partial charge in [0.15, 0.2) is 0 Å². The number of β-amino-alcohol motifs (C(OH)–C–C–N with tert-alkyl or cyclic N) is 1. The number of aliphatic hydroxyl groups excluding tert-OH is 1. The van der Waals surface area contributed by atoms with E-state index in [9.17, 15) is 19.5 Å². The molecule has 1 saturated heterocycles. The third kappa shape index (κ3) is 6.29. The average molecular weight is 680 g/mol. The number of amides is 3. The van der Waals surface area contributed by atoms with Gasteiger partial charge in [0, 0.05) is 66.6 Å². The molecule has 1 aromatic heterocycles. The fourth-order valence-electron chi connectivity index (χ4n) is 7.80. The number of carbonyl (C=O) groups excluding carboxylic acids is 3. The second kappa shape index (κ2) is 12.9. The minimum absolute atomic E-state index is 0.0467. The van der Waals surface area contributed by atoms with Gasteiger partial charge in [-0.25, -0.2) is 0 Å². The van der Waals surface area contributed by atoms with Crippen LogP contribution < -0.4 is 5.32 Å². The summed E-state index contributed by atoms with van der Waals surface area (Å²) in [6, 6.07) is 13.9. The van der Waals surface area contributed by atoms with Crippen molar-refractivity contribution in [2.75, 3.05) is 20.2 Å². The van der Waals surface area contributed by atoms with Crippen molar-refractivity contribution in [2.24, 2.45) is 5.41 Å². The largest absolute Gasteiger partial charge is 0.391 e. The molecule has 3 amide bonds. The van der Waals surface area contributed by atoms with E-state index in [0.29, 0.717) is 13.2 Å². The summed E-state index contributed by atoms with van der Waals surface area (Å²) in [7, 11) is 1.74. The third-order valence-corrected chi connectivity index (χ3v) is 11.2. The van der Waals surface area contributed by atoms with Crippen molar-refractivity contribution in [1.29, 1.82) is 0 Å². The van der Waals surface area contributed by atoms with Crippen LogP contribution in [0, 0.1) is 5.41 Å². The highest BCUT2D eigenvalue weighted by atomic mass is 79.9. The molecule has 45 heavy (non-hydrogen) atoms. The van der Waals surface area contributed by atoms with E-state index in [2.05, 4.69) is 26.2 Å². The number of likely N-dealkylation sites (N-methyl/N-ethyl adjacent to an activating group) is 1. The number of nitrogens with zero attached hydrogens (tertiary/aromatic N) is 2. The van der Waals surface area contributed by atoms with Crippen molar-refractivity contribution in [3.8, 4) is 0 Å². The molecule has 2 bridgehead atoms. The maximum Gasteiger partial charge on any atom is 0.245 e. The Kier molecular flexibility index (Phi) is 9.10. The maximum atomic E-state index is 14.2. The lowest BCUT2D eigenvalue weighted by Gasteiger charge is -2.53. The Balaban J connectivity index is 1.22. The summed E-state index contributed by atoms with van der Waals surface area (Å²) in [5.74, 6) is -0.681. The van der Waals surface area contributed by atoms with Crippen molar-refractivity contribution < 1.29 is 24.2 Å². The standard InChI is InChI=1S/C35H43BrN4O5/c1-3-45-35-15-12-34(13-16-35,14-17-35)33(44)40-22-25(41)19-30(40)31(42)38-29(18-24-20-37-28-11-7-5-9-26(24)28)32(43)39(2)21-23-8-4-6-10-27(23)36/h4-11,20,25,29-30,37,41H,3,12-19,21-22H2,1-2H3,(H,38,42). The molecule has 240 valence electrons. The van der Waals surface area contributed by atoms with Gasteiger partial charge in [-0.15, -0.1) is 0 Å². The van der Waals surface area contributed by atoms with Gasteiger partial charge in [0.05, 0.1) is 11.7 Å². The number of aromatic nitrogens is 1. The number of aliphatic hydroxyl groups is 1. The summed E-state index contributed by atoms with van der Waals surface area (Å²) in [4.78, 5) is 48.7. The molecule has 2 aromatic carbocycles. The monoisotopic (exact) mass is 678 g/mol. The highest BCUT2D eigenvalue weighted by molar-refractivity contribution is 9.10. The van der Waals surface area contributed by atoms with Gasteiger partial charge in [0.25, 0.3) is 0 Å². The van der Waals surface area contributed by atoms with Gasteiger partial charge < -0.3 is 29.9 Å². The van der Waals surface area contributed by atoms with Gasteiger partial charge in [-0.1, -0.05) is 52.3 Å². The topological polar surface area (TPSA) is 115 Å². The Labute approximate surface area is 272 Å². The number of H-pyrrole nitrogens is 1. The van der Waals surface area contributed by atoms with Crippen LogP contribution in [0.2, 0.25) is 0 Å². The number of halogens is 1. The predicted molar refractivity (Wildman–Crippen MR) is 175 cm³/mol. The molecule has 9 nitrogen and oxygen atoms in total. The molecule has 4 fully saturated rings. The lowest BCUT2D eigenvalue weighted by Crippen LogP contribution is -2.58. The molecule has 3 aliphatic carbocycles. The molecule has 3 atom stereocenters. The van der Waals surface area contributed by atoms with Gasteiger partial charge in [-0.2, -0.15) is 0 Å². The molecule has 3 unspecified atom stereocenters. The van der Waals surface area contributed by atoms with Crippen LogP contribution in [0.4, 0.5) is 0 Å². The highest BCUT2D eigenvalue weighted by Gasteiger charge is 2.56. The predicted octanol–water partition coefficient (Wildman–Crippen LogP) is 4.71. The Morgan fingerprint density at radius 1 is 1.07 bits per heavy atom. The number of hydrogen-bond donors (Lipinski definition) is 3. The van der Waals surface area contributed by atoms with E-state index in [4.69, 9.17) is 4.74 Å². The summed E-state index contributed by atoms with van der Waals surface area (Å²) in [6.07, 6.45) is 6.22. The van der Waals surface area contributed by atoms with Crippen LogP contribution in [0.3, 0.4) is 0 Å². The number of rotatable bonds is 10. The maximum absolute atomic E-state index is 14.2. The molecule has 0 spiro atoms. The molecule has 3 saturated carbocycles. The lowest BCUT2D eigenvalue weighted by molar-refractivity contribution is -0.169. The van der Waals surface area contributed by atoms with E-state index in [1.54, 1.807) is 16.8 Å². The molecule has 0 radical (unpaired) electrons. The lowest BCUT2D eigenvalue weighted by atomic mass is 9.58. The second-order valence-electron chi connectivity index (χ2n) is 13.2. The molecule has 10 heteroatoms. The Bertz CT molecular complexity index is 1550. The number of nitrogens with one attached hydrogen (secondary N) is 2. The van der Waals surface area contributed by atoms with Crippen molar-refractivity contribution in [2.45, 2.75) is 88.6 Å². The molecular weight excluding hydrogens is 636 g/mol. The molecule has 1 aliphatic heterocycles. The Hall–Kier alpha value is -3.21. The molecular formula is C35H43BrN4O5. The summed E-state index contributed by atoms with van der Waals surface area (Å²) >= 11 is 3.57. The molecule has 4 aliphatic rings. The van der Waals surface area contributed by atoms with Gasteiger partial charge in [-0.05, 0) is 68.7 Å². The molecule has 3 N–H and O–H groups in total. The summed E-state index contributed by atoms with van der Waals surface area (Å²) in [5.41, 5.74) is 2.17. The summed E-state index contributed by atoms with van der Waals surface area (Å²) in [5, 5.41) is 14.7. The van der Waals surface area contributed by atoms with Crippen LogP contribution in [0.5, 0.6) is 0 Å². The number of hydrogen-bond acceptors (Lipinski definition) is 5. The van der Waals surface area contributed by atoms with Crippen molar-refractivity contribution >= 4 is 44.6 Å². The number of fused-ring (bicyclic) bond motifs is 4. The summed E-state index contributed by atoms with van der Waals surface area (Å²) < 4.78 is 7.02. The number of carbonyl (C=O) groups is 3. The van der Waals surface area contributed by atoms with Crippen LogP contribution in [-0.4, -0.2) is 81.6 Å². The first-order chi connectivity index (χ1) is 21.6. The van der Waals surface area contributed by atoms with Gasteiger partial charge in [0.2, 0.25) is 17.7 Å². The van der Waals surface area contributed by atoms with Crippen LogP contribution >= 0.6 is 15.9 Å². The van der Waals surface area contributed by atoms with Gasteiger partial charge in [0.1, 0.15) is 12.1 Å². The van der Waals surface area contributed by atoms with E-state index >= 15 is 0 Å². The van der Waals surface area contributed by atoms with Crippen LogP contribution in [0.25, 0.3) is 10.9 Å². The zero-order valence-corrected chi connectivity index (χ0v) is 27.6. The number of aromatic amines is 1. The van der Waals surface area contributed by atoms with E-state index < -0.39 is 29.5 Å². The quantitative estimate of drug-likeness (QED) is 0.288. The number of likely N-dealkylation sites (tertiary alicyclic amines) is 1. The van der Waals surface area contributed by atoms with E-state index in [1.807, 2.05) is 61.7 Å². The number of para-hydroxylation sites is 1. The van der Waals surface area contributed by atoms with Crippen LogP contribution in [0.1, 0.15) is 63.0 Å². The normalized spacial score (nSPS) is 26.6. The Morgan fingerprint density at radius 2 is 1.76 bits per heavy atom. The zero-order chi connectivity index (χ0) is 31.8. The first-order valence-corrected chi connectivity index (χ1v) is 16.9. The average Bonchev–Trinajstić information content (AvgIpc) is 3.65. The zero-order valence-electron chi connectivity index (χ0n) is 26.1. The van der Waals surface area contributed by atoms with E-state index in [0.717, 1.165) is 65.0 Å². The first-order valence-electron chi connectivity index (χ1n) is 16.1. The highest BCUT2D eigenvalue weighted by Crippen LogP contribution is 2.55. The van der Waals surface area contributed by atoms with Crippen LogP contribution in [-0.2, 0) is 32.1 Å². The van der Waals surface area contributed by atoms with E-state index in [1.165, 1.54) is 0 Å². The minimum atomic E-state index is -0.867. The van der Waals surface area contributed by atoms with Crippen LogP contribution in [0.15, 0.2) is 59.2 Å². The fraction of sp³-hybridized carbons (Fsp3) is 0.514. The Morgan fingerprint density at radius 3 is 2.47 bits per heavy atom. The number of benzene rings is 2. The minimum Gasteiger partial charge on any atom is -0.391 e. The summed E-state index contributed by atoms with van der Waals surface area (Å²) in [6.45, 7) is 3.16. The van der Waals surface area contributed by atoms with Gasteiger partial charge in [-0.3, -0.25) is 14.4 Å². The molecule has 2 heterocycles. The van der Waals surface area contributed by atoms with Crippen molar-refractivity contribution in [3.05, 3.63) is 70.3 Å². The second-order valence-corrected chi connectivity index (χ2v) is 14.0. The smallest absolute Gasteiger partial charge is 0.245 e. The third-order valence-electron chi connectivity index (χ3n) is 10.4. The molecule has 3 aromatic rings.